The van der Waals surface area contributed by atoms with Gasteiger partial charge in [-0.1, -0.05) is 23.7 Å². The maximum Gasteiger partial charge on any atom is 0.0406 e. The molecule has 0 aliphatic heterocycles. The van der Waals surface area contributed by atoms with Gasteiger partial charge in [-0.2, -0.15) is 0 Å². The zero-order valence-corrected chi connectivity index (χ0v) is 7.52. The molecule has 1 rings (SSSR count). The van der Waals surface area contributed by atoms with Crippen molar-refractivity contribution in [2.75, 3.05) is 7.05 Å². The molecule has 1 N–H and O–H groups in total. The first-order valence-corrected chi connectivity index (χ1v) is 4.04. The second-order valence-electron chi connectivity index (χ2n) is 2.56. The van der Waals surface area contributed by atoms with Gasteiger partial charge in [0, 0.05) is 11.1 Å². The molecular weight excluding hydrogens is 158 g/mol. The van der Waals surface area contributed by atoms with Crippen LogP contribution in [0, 0.1) is 0 Å². The summed E-state index contributed by atoms with van der Waals surface area (Å²) >= 11 is 5.74. The Hall–Kier alpha value is -0.530. The Labute approximate surface area is 72.4 Å². The van der Waals surface area contributed by atoms with Gasteiger partial charge in [-0.25, -0.2) is 0 Å². The van der Waals surface area contributed by atoms with Crippen LogP contribution in [-0.4, -0.2) is 7.05 Å². The van der Waals surface area contributed by atoms with E-state index in [1.165, 1.54) is 5.56 Å². The highest BCUT2D eigenvalue weighted by atomic mass is 35.5. The SMILES string of the molecule is CN[C@H](C)c1ccc(Cl)cc1. The highest BCUT2D eigenvalue weighted by molar-refractivity contribution is 6.30. The molecule has 1 nitrogen and oxygen atoms in total. The molecule has 0 spiro atoms. The largest absolute Gasteiger partial charge is 0.313 e. The molecule has 0 bridgehead atoms. The second kappa shape index (κ2) is 3.74. The van der Waals surface area contributed by atoms with E-state index >= 15 is 0 Å². The van der Waals surface area contributed by atoms with Gasteiger partial charge in [0.1, 0.15) is 0 Å². The molecular formula is C9H12ClN. The van der Waals surface area contributed by atoms with Gasteiger partial charge in [-0.15, -0.1) is 0 Å². The van der Waals surface area contributed by atoms with Crippen molar-refractivity contribution in [3.8, 4) is 0 Å². The molecule has 0 aromatic heterocycles. The molecule has 0 aliphatic carbocycles. The fourth-order valence-corrected chi connectivity index (χ4v) is 1.04. The van der Waals surface area contributed by atoms with Gasteiger partial charge < -0.3 is 5.32 Å². The Morgan fingerprint density at radius 2 is 1.82 bits per heavy atom. The van der Waals surface area contributed by atoms with Gasteiger partial charge in [0.25, 0.3) is 0 Å². The van der Waals surface area contributed by atoms with Crippen molar-refractivity contribution in [1.82, 2.24) is 5.32 Å². The fourth-order valence-electron chi connectivity index (χ4n) is 0.918. The number of nitrogens with one attached hydrogen (secondary N) is 1. The van der Waals surface area contributed by atoms with E-state index in [9.17, 15) is 0 Å². The van der Waals surface area contributed by atoms with Crippen molar-refractivity contribution >= 4 is 11.6 Å². The lowest BCUT2D eigenvalue weighted by molar-refractivity contribution is 0.652. The van der Waals surface area contributed by atoms with Crippen molar-refractivity contribution in [2.45, 2.75) is 13.0 Å². The molecule has 1 atom stereocenters. The molecule has 0 unspecified atom stereocenters. The molecule has 11 heavy (non-hydrogen) atoms. The zero-order chi connectivity index (χ0) is 8.27. The Morgan fingerprint density at radius 3 is 2.27 bits per heavy atom. The van der Waals surface area contributed by atoms with E-state index in [0.717, 1.165) is 5.02 Å². The minimum Gasteiger partial charge on any atom is -0.313 e. The third-order valence-corrected chi connectivity index (χ3v) is 2.05. The topological polar surface area (TPSA) is 12.0 Å². The number of halogens is 1. The highest BCUT2D eigenvalue weighted by Crippen LogP contribution is 2.14. The Balaban J connectivity index is 2.81. The summed E-state index contributed by atoms with van der Waals surface area (Å²) in [5.74, 6) is 0. The molecule has 60 valence electrons. The molecule has 0 fully saturated rings. The smallest absolute Gasteiger partial charge is 0.0406 e. The summed E-state index contributed by atoms with van der Waals surface area (Å²) in [5, 5.41) is 3.95. The second-order valence-corrected chi connectivity index (χ2v) is 3.00. The first-order valence-electron chi connectivity index (χ1n) is 3.67. The van der Waals surface area contributed by atoms with Gasteiger partial charge in [-0.3, -0.25) is 0 Å². The van der Waals surface area contributed by atoms with Gasteiger partial charge in [0.2, 0.25) is 0 Å². The fraction of sp³-hybridized carbons (Fsp3) is 0.333. The van der Waals surface area contributed by atoms with Crippen LogP contribution in [0.25, 0.3) is 0 Å². The van der Waals surface area contributed by atoms with Crippen molar-refractivity contribution in [3.63, 3.8) is 0 Å². The predicted molar refractivity (Wildman–Crippen MR) is 48.9 cm³/mol. The average molecular weight is 170 g/mol. The van der Waals surface area contributed by atoms with Crippen molar-refractivity contribution in [2.24, 2.45) is 0 Å². The summed E-state index contributed by atoms with van der Waals surface area (Å²) in [6, 6.07) is 8.27. The van der Waals surface area contributed by atoms with Crippen LogP contribution >= 0.6 is 11.6 Å². The van der Waals surface area contributed by atoms with Crippen molar-refractivity contribution in [3.05, 3.63) is 34.9 Å². The summed E-state index contributed by atoms with van der Waals surface area (Å²) in [6.07, 6.45) is 0. The third kappa shape index (κ3) is 2.21. The van der Waals surface area contributed by atoms with Gasteiger partial charge >= 0.3 is 0 Å². The van der Waals surface area contributed by atoms with Crippen LogP contribution in [0.1, 0.15) is 18.5 Å². The molecule has 0 amide bonds. The van der Waals surface area contributed by atoms with Crippen LogP contribution < -0.4 is 5.32 Å². The van der Waals surface area contributed by atoms with Crippen LogP contribution in [0.5, 0.6) is 0 Å². The van der Waals surface area contributed by atoms with E-state index < -0.39 is 0 Å². The molecule has 0 radical (unpaired) electrons. The maximum atomic E-state index is 5.74. The van der Waals surface area contributed by atoms with Crippen LogP contribution in [0.2, 0.25) is 5.02 Å². The van der Waals surface area contributed by atoms with E-state index in [1.807, 2.05) is 31.3 Å². The summed E-state index contributed by atoms with van der Waals surface area (Å²) in [7, 11) is 1.94. The first kappa shape index (κ1) is 8.57. The lowest BCUT2D eigenvalue weighted by atomic mass is 10.1. The monoisotopic (exact) mass is 169 g/mol. The summed E-state index contributed by atoms with van der Waals surface area (Å²) in [6.45, 7) is 2.11. The van der Waals surface area contributed by atoms with E-state index in [2.05, 4.69) is 12.2 Å². The number of benzene rings is 1. The Kier molecular flexibility index (Phi) is 2.92. The minimum atomic E-state index is 0.396. The molecule has 2 heteroatoms. The first-order chi connectivity index (χ1) is 5.24. The zero-order valence-electron chi connectivity index (χ0n) is 6.76. The summed E-state index contributed by atoms with van der Waals surface area (Å²) < 4.78 is 0. The normalized spacial score (nSPS) is 13.0. The van der Waals surface area contributed by atoms with E-state index in [1.54, 1.807) is 0 Å². The Morgan fingerprint density at radius 1 is 1.27 bits per heavy atom. The molecule has 0 aliphatic rings. The van der Waals surface area contributed by atoms with Gasteiger partial charge in [0.05, 0.1) is 0 Å². The average Bonchev–Trinajstić information content (AvgIpc) is 2.05. The van der Waals surface area contributed by atoms with Crippen molar-refractivity contribution in [1.29, 1.82) is 0 Å². The predicted octanol–water partition coefficient (Wildman–Crippen LogP) is 2.62. The van der Waals surface area contributed by atoms with Crippen molar-refractivity contribution < 1.29 is 0 Å². The quantitative estimate of drug-likeness (QED) is 0.718. The maximum absolute atomic E-state index is 5.74. The molecule has 0 heterocycles. The molecule has 1 aromatic rings. The summed E-state index contributed by atoms with van der Waals surface area (Å²) in [4.78, 5) is 0. The van der Waals surface area contributed by atoms with E-state index in [4.69, 9.17) is 11.6 Å². The van der Waals surface area contributed by atoms with Gasteiger partial charge in [-0.05, 0) is 31.7 Å². The van der Waals surface area contributed by atoms with E-state index in [-0.39, 0.29) is 0 Å². The highest BCUT2D eigenvalue weighted by Gasteiger charge is 1.99. The van der Waals surface area contributed by atoms with Crippen LogP contribution in [-0.2, 0) is 0 Å². The van der Waals surface area contributed by atoms with Crippen LogP contribution in [0.15, 0.2) is 24.3 Å². The standard InChI is InChI=1S/C9H12ClN/c1-7(11-2)8-3-5-9(10)6-4-8/h3-7,11H,1-2H3/t7-/m1/s1. The lowest BCUT2D eigenvalue weighted by Crippen LogP contribution is -2.11. The van der Waals surface area contributed by atoms with E-state index in [0.29, 0.717) is 6.04 Å². The summed E-state index contributed by atoms with van der Waals surface area (Å²) in [5.41, 5.74) is 1.26. The molecule has 0 saturated heterocycles. The number of hydrogen-bond acceptors (Lipinski definition) is 1. The lowest BCUT2D eigenvalue weighted by Gasteiger charge is -2.09. The Bertz CT molecular complexity index is 218. The number of rotatable bonds is 2. The van der Waals surface area contributed by atoms with Crippen LogP contribution in [0.3, 0.4) is 0 Å². The molecule has 0 saturated carbocycles. The third-order valence-electron chi connectivity index (χ3n) is 1.80. The number of hydrogen-bond donors (Lipinski definition) is 1. The minimum absolute atomic E-state index is 0.396. The van der Waals surface area contributed by atoms with Gasteiger partial charge in [0.15, 0.2) is 0 Å². The van der Waals surface area contributed by atoms with Crippen LogP contribution in [0.4, 0.5) is 0 Å². The molecule has 1 aromatic carbocycles.